The van der Waals surface area contributed by atoms with Gasteiger partial charge in [-0.05, 0) is 18.6 Å². The Labute approximate surface area is 135 Å². The Kier molecular flexibility index (Phi) is 11.0. The van der Waals surface area contributed by atoms with Gasteiger partial charge in [-0.25, -0.2) is 4.79 Å². The molecule has 124 valence electrons. The van der Waals surface area contributed by atoms with Crippen molar-refractivity contribution in [1.82, 2.24) is 10.3 Å². The number of nitrogens with one attached hydrogen (secondary N) is 2. The zero-order valence-corrected chi connectivity index (χ0v) is 13.9. The van der Waals surface area contributed by atoms with E-state index < -0.39 is 0 Å². The molecule has 22 heavy (non-hydrogen) atoms. The standard InChI is InChI=1S/C18H31N3O/c1-2-3-4-5-6-7-8-9-10-11-15-20-18(22)21-17-13-12-14-19-16-17/h12-14,16H,2-11,15H2,1H3,(H2,20,21,22). The van der Waals surface area contributed by atoms with Crippen molar-refractivity contribution in [1.29, 1.82) is 0 Å². The summed E-state index contributed by atoms with van der Waals surface area (Å²) < 4.78 is 0. The first-order chi connectivity index (χ1) is 10.8. The second kappa shape index (κ2) is 13.1. The first-order valence-electron chi connectivity index (χ1n) is 8.78. The highest BCUT2D eigenvalue weighted by Gasteiger charge is 2.00. The quantitative estimate of drug-likeness (QED) is 0.526. The summed E-state index contributed by atoms with van der Waals surface area (Å²) in [6, 6.07) is 3.48. The first-order valence-corrected chi connectivity index (χ1v) is 8.78. The molecule has 1 rings (SSSR count). The molecular formula is C18H31N3O. The molecule has 0 fully saturated rings. The fourth-order valence-electron chi connectivity index (χ4n) is 2.43. The third-order valence-corrected chi connectivity index (χ3v) is 3.74. The van der Waals surface area contributed by atoms with Gasteiger partial charge in [0.2, 0.25) is 0 Å². The van der Waals surface area contributed by atoms with E-state index in [-0.39, 0.29) is 6.03 Å². The Bertz CT molecular complexity index is 381. The number of nitrogens with zero attached hydrogens (tertiary/aromatic N) is 1. The zero-order chi connectivity index (χ0) is 15.9. The van der Waals surface area contributed by atoms with Gasteiger partial charge in [-0.15, -0.1) is 0 Å². The molecule has 0 bridgehead atoms. The van der Waals surface area contributed by atoms with E-state index in [9.17, 15) is 4.79 Å². The lowest BCUT2D eigenvalue weighted by Crippen LogP contribution is -2.29. The summed E-state index contributed by atoms with van der Waals surface area (Å²) in [5.41, 5.74) is 0.725. The van der Waals surface area contributed by atoms with Gasteiger partial charge in [0.25, 0.3) is 0 Å². The third-order valence-electron chi connectivity index (χ3n) is 3.74. The van der Waals surface area contributed by atoms with E-state index in [4.69, 9.17) is 0 Å². The lowest BCUT2D eigenvalue weighted by Gasteiger charge is -2.07. The fourth-order valence-corrected chi connectivity index (χ4v) is 2.43. The number of pyridine rings is 1. The maximum Gasteiger partial charge on any atom is 0.319 e. The van der Waals surface area contributed by atoms with Gasteiger partial charge in [0, 0.05) is 12.7 Å². The van der Waals surface area contributed by atoms with Crippen LogP contribution in [0.1, 0.15) is 71.1 Å². The summed E-state index contributed by atoms with van der Waals surface area (Å²) in [7, 11) is 0. The van der Waals surface area contributed by atoms with Gasteiger partial charge in [0.15, 0.2) is 0 Å². The first kappa shape index (κ1) is 18.5. The maximum atomic E-state index is 11.6. The summed E-state index contributed by atoms with van der Waals surface area (Å²) in [6.07, 6.45) is 16.4. The van der Waals surface area contributed by atoms with Gasteiger partial charge in [0.1, 0.15) is 0 Å². The Morgan fingerprint density at radius 1 is 1.00 bits per heavy atom. The number of amides is 2. The summed E-state index contributed by atoms with van der Waals surface area (Å²) in [5.74, 6) is 0. The second-order valence-electron chi connectivity index (χ2n) is 5.80. The minimum Gasteiger partial charge on any atom is -0.338 e. The molecule has 0 aromatic carbocycles. The van der Waals surface area contributed by atoms with Crippen LogP contribution in [-0.2, 0) is 0 Å². The van der Waals surface area contributed by atoms with Crippen LogP contribution in [0.25, 0.3) is 0 Å². The van der Waals surface area contributed by atoms with E-state index in [1.54, 1.807) is 18.5 Å². The molecule has 0 saturated heterocycles. The fraction of sp³-hybridized carbons (Fsp3) is 0.667. The van der Waals surface area contributed by atoms with Crippen molar-refractivity contribution < 1.29 is 4.79 Å². The summed E-state index contributed by atoms with van der Waals surface area (Å²) in [6.45, 7) is 2.99. The third kappa shape index (κ3) is 10.2. The molecule has 0 saturated carbocycles. The van der Waals surface area contributed by atoms with Crippen LogP contribution in [0.4, 0.5) is 10.5 Å². The molecule has 0 spiro atoms. The molecule has 0 aliphatic carbocycles. The van der Waals surface area contributed by atoms with Crippen molar-refractivity contribution in [2.75, 3.05) is 11.9 Å². The zero-order valence-electron chi connectivity index (χ0n) is 13.9. The molecule has 0 aliphatic heterocycles. The van der Waals surface area contributed by atoms with E-state index in [2.05, 4.69) is 22.5 Å². The van der Waals surface area contributed by atoms with Gasteiger partial charge in [0.05, 0.1) is 11.9 Å². The summed E-state index contributed by atoms with van der Waals surface area (Å²) in [4.78, 5) is 15.6. The molecule has 0 unspecified atom stereocenters. The molecule has 2 amide bonds. The molecule has 4 heteroatoms. The van der Waals surface area contributed by atoms with Crippen molar-refractivity contribution in [3.8, 4) is 0 Å². The second-order valence-corrected chi connectivity index (χ2v) is 5.80. The van der Waals surface area contributed by atoms with Crippen LogP contribution in [-0.4, -0.2) is 17.6 Å². The Balaban J connectivity index is 1.86. The van der Waals surface area contributed by atoms with Crippen LogP contribution in [0, 0.1) is 0 Å². The molecule has 4 nitrogen and oxygen atoms in total. The van der Waals surface area contributed by atoms with Crippen LogP contribution in [0.5, 0.6) is 0 Å². The van der Waals surface area contributed by atoms with Crippen LogP contribution in [0.15, 0.2) is 24.5 Å². The van der Waals surface area contributed by atoms with Gasteiger partial charge in [-0.2, -0.15) is 0 Å². The number of unbranched alkanes of at least 4 members (excludes halogenated alkanes) is 9. The van der Waals surface area contributed by atoms with Gasteiger partial charge in [-0.3, -0.25) is 4.98 Å². The van der Waals surface area contributed by atoms with Crippen LogP contribution >= 0.6 is 0 Å². The Morgan fingerprint density at radius 2 is 1.64 bits per heavy atom. The SMILES string of the molecule is CCCCCCCCCCCCNC(=O)Nc1cccnc1. The van der Waals surface area contributed by atoms with E-state index >= 15 is 0 Å². The van der Waals surface area contributed by atoms with Crippen molar-refractivity contribution in [3.05, 3.63) is 24.5 Å². The highest BCUT2D eigenvalue weighted by atomic mass is 16.2. The number of carbonyl (C=O) groups excluding carboxylic acids is 1. The molecule has 0 radical (unpaired) electrons. The largest absolute Gasteiger partial charge is 0.338 e. The number of urea groups is 1. The average molecular weight is 305 g/mol. The van der Waals surface area contributed by atoms with Crippen molar-refractivity contribution in [2.45, 2.75) is 71.1 Å². The topological polar surface area (TPSA) is 54.0 Å². The predicted molar refractivity (Wildman–Crippen MR) is 93.1 cm³/mol. The van der Waals surface area contributed by atoms with E-state index in [0.717, 1.165) is 18.7 Å². The van der Waals surface area contributed by atoms with Crippen molar-refractivity contribution in [2.24, 2.45) is 0 Å². The number of carbonyl (C=O) groups is 1. The van der Waals surface area contributed by atoms with Crippen molar-refractivity contribution >= 4 is 11.7 Å². The van der Waals surface area contributed by atoms with Crippen LogP contribution < -0.4 is 10.6 Å². The minimum atomic E-state index is -0.149. The lowest BCUT2D eigenvalue weighted by atomic mass is 10.1. The number of hydrogen-bond donors (Lipinski definition) is 2. The summed E-state index contributed by atoms with van der Waals surface area (Å²) in [5, 5.41) is 5.64. The molecular weight excluding hydrogens is 274 g/mol. The van der Waals surface area contributed by atoms with Crippen molar-refractivity contribution in [3.63, 3.8) is 0 Å². The Morgan fingerprint density at radius 3 is 2.23 bits per heavy atom. The predicted octanol–water partition coefficient (Wildman–Crippen LogP) is 5.12. The van der Waals surface area contributed by atoms with Crippen LogP contribution in [0.3, 0.4) is 0 Å². The highest BCUT2D eigenvalue weighted by Crippen LogP contribution is 2.10. The monoisotopic (exact) mass is 305 g/mol. The van der Waals surface area contributed by atoms with E-state index in [1.807, 2.05) is 6.07 Å². The smallest absolute Gasteiger partial charge is 0.319 e. The molecule has 2 N–H and O–H groups in total. The number of rotatable bonds is 12. The average Bonchev–Trinajstić information content (AvgIpc) is 2.53. The number of hydrogen-bond acceptors (Lipinski definition) is 2. The highest BCUT2D eigenvalue weighted by molar-refractivity contribution is 5.88. The van der Waals surface area contributed by atoms with Gasteiger partial charge in [-0.1, -0.05) is 64.7 Å². The maximum absolute atomic E-state index is 11.6. The molecule has 1 heterocycles. The molecule has 0 atom stereocenters. The van der Waals surface area contributed by atoms with Gasteiger partial charge < -0.3 is 10.6 Å². The van der Waals surface area contributed by atoms with E-state index in [1.165, 1.54) is 57.8 Å². The number of anilines is 1. The normalized spacial score (nSPS) is 10.4. The lowest BCUT2D eigenvalue weighted by molar-refractivity contribution is 0.252. The number of aromatic nitrogens is 1. The van der Waals surface area contributed by atoms with Crippen LogP contribution in [0.2, 0.25) is 0 Å². The van der Waals surface area contributed by atoms with Gasteiger partial charge >= 0.3 is 6.03 Å². The molecule has 1 aromatic rings. The minimum absolute atomic E-state index is 0.149. The molecule has 0 aliphatic rings. The molecule has 1 aromatic heterocycles. The Hall–Kier alpha value is -1.58. The van der Waals surface area contributed by atoms with E-state index in [0.29, 0.717) is 0 Å². The summed E-state index contributed by atoms with van der Waals surface area (Å²) >= 11 is 0.